The number of nitrogens with zero attached hydrogens (tertiary/aromatic N) is 3. The lowest BCUT2D eigenvalue weighted by Gasteiger charge is -2.39. The summed E-state index contributed by atoms with van der Waals surface area (Å²) in [4.78, 5) is 31.7. The Hall–Kier alpha value is -2.12. The first-order chi connectivity index (χ1) is 15.5. The first-order valence-electron chi connectivity index (χ1n) is 12.2. The molecule has 1 atom stereocenters. The average molecular weight is 445 g/mol. The van der Waals surface area contributed by atoms with Crippen LogP contribution in [0, 0.1) is 12.8 Å². The fraction of sp³-hybridized carbons (Fsp3) is 0.680. The quantitative estimate of drug-likeness (QED) is 0.669. The predicted octanol–water partition coefficient (Wildman–Crippen LogP) is 2.53. The van der Waals surface area contributed by atoms with Crippen LogP contribution in [0.25, 0.3) is 0 Å². The summed E-state index contributed by atoms with van der Waals surface area (Å²) >= 11 is 0. The van der Waals surface area contributed by atoms with Crippen LogP contribution in [-0.4, -0.2) is 91.7 Å². The summed E-state index contributed by atoms with van der Waals surface area (Å²) < 4.78 is 5.52. The molecule has 0 saturated carbocycles. The highest BCUT2D eigenvalue weighted by atomic mass is 16.5. The number of carbonyl (C=O) groups is 2. The number of aryl methyl sites for hydroxylation is 1. The second kappa shape index (κ2) is 12.2. The lowest BCUT2D eigenvalue weighted by molar-refractivity contribution is -0.131. The third kappa shape index (κ3) is 6.69. The lowest BCUT2D eigenvalue weighted by Crippen LogP contribution is -2.56. The molecule has 0 bridgehead atoms. The smallest absolute Gasteiger partial charge is 0.317 e. The van der Waals surface area contributed by atoms with Crippen LogP contribution in [0.5, 0.6) is 0 Å². The van der Waals surface area contributed by atoms with E-state index in [9.17, 15) is 9.59 Å². The number of nitrogens with one attached hydrogen (secondary N) is 1. The largest absolute Gasteiger partial charge is 0.379 e. The van der Waals surface area contributed by atoms with Gasteiger partial charge in [0.15, 0.2) is 0 Å². The van der Waals surface area contributed by atoms with Crippen molar-refractivity contribution in [2.24, 2.45) is 5.92 Å². The molecule has 7 nitrogen and oxygen atoms in total. The van der Waals surface area contributed by atoms with Crippen molar-refractivity contribution in [1.82, 2.24) is 20.0 Å². The number of hydrogen-bond donors (Lipinski definition) is 1. The van der Waals surface area contributed by atoms with Crippen LogP contribution in [0.2, 0.25) is 0 Å². The van der Waals surface area contributed by atoms with Gasteiger partial charge in [-0.2, -0.15) is 0 Å². The maximum atomic E-state index is 12.9. The van der Waals surface area contributed by atoms with E-state index in [2.05, 4.69) is 24.1 Å². The summed E-state index contributed by atoms with van der Waals surface area (Å²) in [6, 6.07) is 8.44. The van der Waals surface area contributed by atoms with E-state index in [0.29, 0.717) is 51.1 Å². The second-order valence-corrected chi connectivity index (χ2v) is 9.01. The molecule has 3 rings (SSSR count). The Labute approximate surface area is 193 Å². The Bertz CT molecular complexity index is 721. The molecule has 0 aliphatic carbocycles. The molecule has 0 aromatic heterocycles. The van der Waals surface area contributed by atoms with Crippen molar-refractivity contribution in [3.63, 3.8) is 0 Å². The molecule has 2 heterocycles. The minimum absolute atomic E-state index is 0.0140. The third-order valence-corrected chi connectivity index (χ3v) is 6.97. The Morgan fingerprint density at radius 2 is 1.53 bits per heavy atom. The summed E-state index contributed by atoms with van der Waals surface area (Å²) in [5.41, 5.74) is 2.23. The highest BCUT2D eigenvalue weighted by Crippen LogP contribution is 2.20. The van der Waals surface area contributed by atoms with Gasteiger partial charge in [0.2, 0.25) is 5.91 Å². The first kappa shape index (κ1) is 24.5. The van der Waals surface area contributed by atoms with Gasteiger partial charge >= 0.3 is 6.03 Å². The van der Waals surface area contributed by atoms with E-state index in [1.165, 1.54) is 5.56 Å². The van der Waals surface area contributed by atoms with Gasteiger partial charge in [0.1, 0.15) is 0 Å². The van der Waals surface area contributed by atoms with Gasteiger partial charge in [-0.15, -0.1) is 0 Å². The lowest BCUT2D eigenvalue weighted by atomic mass is 9.92. The molecule has 1 unspecified atom stereocenters. The second-order valence-electron chi connectivity index (χ2n) is 9.01. The number of morpholine rings is 1. The van der Waals surface area contributed by atoms with Crippen LogP contribution in [0.1, 0.15) is 37.8 Å². The van der Waals surface area contributed by atoms with E-state index in [0.717, 1.165) is 44.7 Å². The van der Waals surface area contributed by atoms with Crippen LogP contribution in [0.15, 0.2) is 24.3 Å². The minimum atomic E-state index is -0.0140. The Kier molecular flexibility index (Phi) is 9.36. The topological polar surface area (TPSA) is 65.1 Å². The van der Waals surface area contributed by atoms with Gasteiger partial charge < -0.3 is 19.9 Å². The van der Waals surface area contributed by atoms with E-state index in [1.54, 1.807) is 0 Å². The molecule has 1 N–H and O–H groups in total. The SMILES string of the molecule is CCC(CC)C(CNC(=O)N1CCN(C(=O)Cc2ccc(C)cc2)CC1)N1CCOCC1. The van der Waals surface area contributed by atoms with Crippen molar-refractivity contribution in [1.29, 1.82) is 0 Å². The normalized spacial score (nSPS) is 18.6. The zero-order valence-corrected chi connectivity index (χ0v) is 20.0. The maximum Gasteiger partial charge on any atom is 0.317 e. The van der Waals surface area contributed by atoms with Gasteiger partial charge in [0.05, 0.1) is 19.6 Å². The van der Waals surface area contributed by atoms with Crippen LogP contribution in [0.4, 0.5) is 4.79 Å². The van der Waals surface area contributed by atoms with Gasteiger partial charge in [0, 0.05) is 51.9 Å². The van der Waals surface area contributed by atoms with Crippen molar-refractivity contribution in [3.8, 4) is 0 Å². The standard InChI is InChI=1S/C25H40N4O3/c1-4-22(5-2)23(27-14-16-32-17-15-27)19-26-25(31)29-12-10-28(11-13-29)24(30)18-21-8-6-20(3)7-9-21/h6-9,22-23H,4-5,10-19H2,1-3H3,(H,26,31). The number of rotatable bonds is 8. The van der Waals surface area contributed by atoms with Crippen molar-refractivity contribution >= 4 is 11.9 Å². The van der Waals surface area contributed by atoms with E-state index < -0.39 is 0 Å². The summed E-state index contributed by atoms with van der Waals surface area (Å²) in [5.74, 6) is 0.694. The zero-order valence-electron chi connectivity index (χ0n) is 20.0. The van der Waals surface area contributed by atoms with Gasteiger partial charge in [-0.25, -0.2) is 4.79 Å². The van der Waals surface area contributed by atoms with Crippen LogP contribution in [-0.2, 0) is 16.0 Å². The minimum Gasteiger partial charge on any atom is -0.379 e. The molecule has 2 saturated heterocycles. The van der Waals surface area contributed by atoms with Crippen LogP contribution in [0.3, 0.4) is 0 Å². The summed E-state index contributed by atoms with van der Waals surface area (Å²) in [6.45, 7) is 12.9. The summed E-state index contributed by atoms with van der Waals surface area (Å²) in [5, 5.41) is 3.19. The van der Waals surface area contributed by atoms with Crippen molar-refractivity contribution in [2.45, 2.75) is 46.1 Å². The molecule has 1 aromatic carbocycles. The first-order valence-corrected chi connectivity index (χ1v) is 12.2. The fourth-order valence-corrected chi connectivity index (χ4v) is 4.79. The Morgan fingerprint density at radius 1 is 0.938 bits per heavy atom. The highest BCUT2D eigenvalue weighted by molar-refractivity contribution is 5.79. The van der Waals surface area contributed by atoms with Crippen LogP contribution < -0.4 is 5.32 Å². The van der Waals surface area contributed by atoms with Crippen molar-refractivity contribution < 1.29 is 14.3 Å². The number of amides is 3. The maximum absolute atomic E-state index is 12.9. The molecule has 0 radical (unpaired) electrons. The van der Waals surface area contributed by atoms with E-state index in [1.807, 2.05) is 41.0 Å². The molecule has 3 amide bonds. The van der Waals surface area contributed by atoms with Gasteiger partial charge in [0.25, 0.3) is 0 Å². The highest BCUT2D eigenvalue weighted by Gasteiger charge is 2.29. The molecule has 2 aliphatic heterocycles. The number of urea groups is 1. The van der Waals surface area contributed by atoms with E-state index in [4.69, 9.17) is 4.74 Å². The number of benzene rings is 1. The molecule has 7 heteroatoms. The zero-order chi connectivity index (χ0) is 22.9. The monoisotopic (exact) mass is 444 g/mol. The molecule has 2 aliphatic rings. The molecular formula is C25H40N4O3. The molecule has 32 heavy (non-hydrogen) atoms. The van der Waals surface area contributed by atoms with Gasteiger partial charge in [-0.05, 0) is 18.4 Å². The van der Waals surface area contributed by atoms with E-state index in [-0.39, 0.29) is 11.9 Å². The molecule has 178 valence electrons. The fourth-order valence-electron chi connectivity index (χ4n) is 4.79. The number of hydrogen-bond acceptors (Lipinski definition) is 4. The number of ether oxygens (including phenoxy) is 1. The molecule has 2 fully saturated rings. The molecule has 0 spiro atoms. The Morgan fingerprint density at radius 3 is 2.12 bits per heavy atom. The summed E-state index contributed by atoms with van der Waals surface area (Å²) in [7, 11) is 0. The van der Waals surface area contributed by atoms with Crippen molar-refractivity contribution in [2.75, 3.05) is 59.0 Å². The predicted molar refractivity (Wildman–Crippen MR) is 127 cm³/mol. The van der Waals surface area contributed by atoms with Gasteiger partial charge in [-0.3, -0.25) is 9.69 Å². The number of piperazine rings is 1. The number of carbonyl (C=O) groups excluding carboxylic acids is 2. The average Bonchev–Trinajstić information content (AvgIpc) is 2.83. The Balaban J connectivity index is 1.46. The van der Waals surface area contributed by atoms with Crippen molar-refractivity contribution in [3.05, 3.63) is 35.4 Å². The molecule has 1 aromatic rings. The molecular weight excluding hydrogens is 404 g/mol. The van der Waals surface area contributed by atoms with Gasteiger partial charge in [-0.1, -0.05) is 56.5 Å². The summed E-state index contributed by atoms with van der Waals surface area (Å²) in [6.07, 6.45) is 2.63. The third-order valence-electron chi connectivity index (χ3n) is 6.97. The van der Waals surface area contributed by atoms with E-state index >= 15 is 0 Å². The van der Waals surface area contributed by atoms with Crippen LogP contribution >= 0.6 is 0 Å².